The van der Waals surface area contributed by atoms with Gasteiger partial charge in [-0.3, -0.25) is 9.69 Å². The minimum absolute atomic E-state index is 0.0650. The van der Waals surface area contributed by atoms with Crippen molar-refractivity contribution in [3.63, 3.8) is 0 Å². The number of benzene rings is 1. The predicted molar refractivity (Wildman–Crippen MR) is 86.7 cm³/mol. The average Bonchev–Trinajstić information content (AvgIpc) is 2.57. The van der Waals surface area contributed by atoms with Crippen LogP contribution in [0.3, 0.4) is 0 Å². The van der Waals surface area contributed by atoms with E-state index in [9.17, 15) is 9.59 Å². The van der Waals surface area contributed by atoms with Gasteiger partial charge < -0.3 is 9.47 Å². The lowest BCUT2D eigenvalue weighted by Crippen LogP contribution is -2.42. The second kappa shape index (κ2) is 8.67. The molecule has 0 aromatic heterocycles. The van der Waals surface area contributed by atoms with Gasteiger partial charge in [-0.15, -0.1) is 0 Å². The molecular formula is C18H25NO4. The second-order valence-electron chi connectivity index (χ2n) is 5.63. The summed E-state index contributed by atoms with van der Waals surface area (Å²) in [5.41, 5.74) is 0.931. The highest BCUT2D eigenvalue weighted by Gasteiger charge is 2.34. The molecule has 1 heterocycles. The molecule has 5 heteroatoms. The van der Waals surface area contributed by atoms with E-state index in [0.29, 0.717) is 39.1 Å². The molecule has 1 aromatic rings. The van der Waals surface area contributed by atoms with Gasteiger partial charge in [0.1, 0.15) is 6.04 Å². The number of hydrogen-bond acceptors (Lipinski definition) is 5. The zero-order chi connectivity index (χ0) is 16.7. The summed E-state index contributed by atoms with van der Waals surface area (Å²) in [6, 6.07) is 9.26. The van der Waals surface area contributed by atoms with Gasteiger partial charge in [0.05, 0.1) is 19.1 Å². The number of ether oxygens (including phenoxy) is 2. The Hall–Kier alpha value is -1.88. The lowest BCUT2D eigenvalue weighted by Gasteiger charge is -2.35. The monoisotopic (exact) mass is 319 g/mol. The Bertz CT molecular complexity index is 509. The molecule has 0 unspecified atom stereocenters. The van der Waals surface area contributed by atoms with Crippen LogP contribution in [0.1, 0.15) is 38.3 Å². The summed E-state index contributed by atoms with van der Waals surface area (Å²) in [5.74, 6) is -0.419. The standard InChI is InChI=1S/C18H25NO4/c1-3-22-17(20)15-10-12-19(13-11-15)16(18(21)23-4-2)14-8-6-5-7-9-14/h5-9,15-16H,3-4,10-13H2,1-2H3/t16-/m0/s1. The third-order valence-electron chi connectivity index (χ3n) is 4.14. The summed E-state index contributed by atoms with van der Waals surface area (Å²) < 4.78 is 10.4. The maximum Gasteiger partial charge on any atom is 0.327 e. The van der Waals surface area contributed by atoms with E-state index in [1.165, 1.54) is 0 Å². The first-order valence-corrected chi connectivity index (χ1v) is 8.29. The molecule has 5 nitrogen and oxygen atoms in total. The molecule has 23 heavy (non-hydrogen) atoms. The summed E-state index contributed by atoms with van der Waals surface area (Å²) in [5, 5.41) is 0. The van der Waals surface area contributed by atoms with Gasteiger partial charge in [0.15, 0.2) is 0 Å². The SMILES string of the molecule is CCOC(=O)C1CCN([C@H](C(=O)OCC)c2ccccc2)CC1. The van der Waals surface area contributed by atoms with Crippen LogP contribution < -0.4 is 0 Å². The summed E-state index contributed by atoms with van der Waals surface area (Å²) in [4.78, 5) is 26.4. The van der Waals surface area contributed by atoms with E-state index in [0.717, 1.165) is 5.56 Å². The van der Waals surface area contributed by atoms with E-state index in [1.54, 1.807) is 0 Å². The van der Waals surface area contributed by atoms with Crippen molar-refractivity contribution in [2.45, 2.75) is 32.7 Å². The van der Waals surface area contributed by atoms with E-state index >= 15 is 0 Å². The third kappa shape index (κ3) is 4.55. The Morgan fingerprint density at radius 2 is 1.70 bits per heavy atom. The molecule has 2 rings (SSSR count). The van der Waals surface area contributed by atoms with Gasteiger partial charge in [-0.05, 0) is 32.3 Å². The van der Waals surface area contributed by atoms with Crippen molar-refractivity contribution < 1.29 is 19.1 Å². The number of likely N-dealkylation sites (tertiary alicyclic amines) is 1. The smallest absolute Gasteiger partial charge is 0.327 e. The van der Waals surface area contributed by atoms with Gasteiger partial charge in [0.2, 0.25) is 0 Å². The highest BCUT2D eigenvalue weighted by atomic mass is 16.5. The number of carbonyl (C=O) groups excluding carboxylic acids is 2. The molecule has 0 aliphatic carbocycles. The van der Waals surface area contributed by atoms with Crippen LogP contribution in [0.15, 0.2) is 30.3 Å². The van der Waals surface area contributed by atoms with Gasteiger partial charge in [-0.2, -0.15) is 0 Å². The fourth-order valence-electron chi connectivity index (χ4n) is 3.01. The van der Waals surface area contributed by atoms with Gasteiger partial charge in [-0.25, -0.2) is 4.79 Å². The van der Waals surface area contributed by atoms with Gasteiger partial charge >= 0.3 is 11.9 Å². The minimum Gasteiger partial charge on any atom is -0.466 e. The molecule has 126 valence electrons. The zero-order valence-electron chi connectivity index (χ0n) is 13.9. The minimum atomic E-state index is -0.403. The third-order valence-corrected chi connectivity index (χ3v) is 4.14. The van der Waals surface area contributed by atoms with E-state index in [2.05, 4.69) is 4.90 Å². The largest absolute Gasteiger partial charge is 0.466 e. The van der Waals surface area contributed by atoms with Crippen LogP contribution in [-0.4, -0.2) is 43.1 Å². The van der Waals surface area contributed by atoms with E-state index < -0.39 is 6.04 Å². The first-order valence-electron chi connectivity index (χ1n) is 8.29. The van der Waals surface area contributed by atoms with E-state index in [4.69, 9.17) is 9.47 Å². The Balaban J connectivity index is 2.06. The second-order valence-corrected chi connectivity index (χ2v) is 5.63. The molecule has 0 amide bonds. The molecule has 1 atom stereocenters. The van der Waals surface area contributed by atoms with Crippen LogP contribution in [0.25, 0.3) is 0 Å². The van der Waals surface area contributed by atoms with Crippen molar-refractivity contribution >= 4 is 11.9 Å². The number of piperidine rings is 1. The lowest BCUT2D eigenvalue weighted by atomic mass is 9.94. The van der Waals surface area contributed by atoms with Crippen molar-refractivity contribution in [2.75, 3.05) is 26.3 Å². The average molecular weight is 319 g/mol. The van der Waals surface area contributed by atoms with Crippen LogP contribution in [0.5, 0.6) is 0 Å². The number of rotatable bonds is 6. The first-order chi connectivity index (χ1) is 11.2. The van der Waals surface area contributed by atoms with Gasteiger partial charge in [0.25, 0.3) is 0 Å². The molecule has 0 saturated carbocycles. The predicted octanol–water partition coefficient (Wildman–Crippen LogP) is 2.57. The number of esters is 2. The van der Waals surface area contributed by atoms with E-state index in [-0.39, 0.29) is 17.9 Å². The number of carbonyl (C=O) groups is 2. The molecule has 1 aliphatic heterocycles. The molecule has 0 bridgehead atoms. The summed E-state index contributed by atoms with van der Waals surface area (Å²) in [6.07, 6.45) is 1.42. The highest BCUT2D eigenvalue weighted by molar-refractivity contribution is 5.78. The Kier molecular flexibility index (Phi) is 6.59. The van der Waals surface area contributed by atoms with Crippen molar-refractivity contribution in [1.82, 2.24) is 4.90 Å². The quantitative estimate of drug-likeness (QED) is 0.754. The van der Waals surface area contributed by atoms with Crippen LogP contribution >= 0.6 is 0 Å². The molecular weight excluding hydrogens is 294 g/mol. The van der Waals surface area contributed by atoms with Crippen LogP contribution in [0, 0.1) is 5.92 Å². The fraction of sp³-hybridized carbons (Fsp3) is 0.556. The molecule has 1 saturated heterocycles. The molecule has 0 spiro atoms. The number of hydrogen-bond donors (Lipinski definition) is 0. The van der Waals surface area contributed by atoms with Crippen molar-refractivity contribution in [3.8, 4) is 0 Å². The van der Waals surface area contributed by atoms with Crippen LogP contribution in [0.4, 0.5) is 0 Å². The maximum absolute atomic E-state index is 12.4. The summed E-state index contributed by atoms with van der Waals surface area (Å²) in [7, 11) is 0. The van der Waals surface area contributed by atoms with Crippen LogP contribution in [-0.2, 0) is 19.1 Å². The molecule has 0 N–H and O–H groups in total. The first kappa shape index (κ1) is 17.5. The molecule has 1 aromatic carbocycles. The van der Waals surface area contributed by atoms with Crippen molar-refractivity contribution in [2.24, 2.45) is 5.92 Å². The van der Waals surface area contributed by atoms with Crippen LogP contribution in [0.2, 0.25) is 0 Å². The van der Waals surface area contributed by atoms with Gasteiger partial charge in [0, 0.05) is 13.1 Å². The molecule has 1 aliphatic rings. The Morgan fingerprint density at radius 3 is 2.26 bits per heavy atom. The normalized spacial score (nSPS) is 17.5. The zero-order valence-corrected chi connectivity index (χ0v) is 13.9. The van der Waals surface area contributed by atoms with Gasteiger partial charge in [-0.1, -0.05) is 30.3 Å². The summed E-state index contributed by atoms with van der Waals surface area (Å²) >= 11 is 0. The maximum atomic E-state index is 12.4. The van der Waals surface area contributed by atoms with E-state index in [1.807, 2.05) is 44.2 Å². The lowest BCUT2D eigenvalue weighted by molar-refractivity contribution is -0.152. The number of nitrogens with zero attached hydrogens (tertiary/aromatic N) is 1. The van der Waals surface area contributed by atoms with Crippen molar-refractivity contribution in [3.05, 3.63) is 35.9 Å². The topological polar surface area (TPSA) is 55.8 Å². The summed E-state index contributed by atoms with van der Waals surface area (Å²) in [6.45, 7) is 5.77. The molecule has 1 fully saturated rings. The van der Waals surface area contributed by atoms with Crippen molar-refractivity contribution in [1.29, 1.82) is 0 Å². The Labute approximate surface area is 137 Å². The molecule has 0 radical (unpaired) electrons. The Morgan fingerprint density at radius 1 is 1.09 bits per heavy atom. The highest BCUT2D eigenvalue weighted by Crippen LogP contribution is 2.28. The fourth-order valence-corrected chi connectivity index (χ4v) is 3.01.